The van der Waals surface area contributed by atoms with Crippen molar-refractivity contribution in [1.29, 1.82) is 0 Å². The van der Waals surface area contributed by atoms with Crippen molar-refractivity contribution in [3.63, 3.8) is 0 Å². The Morgan fingerprint density at radius 1 is 1.03 bits per heavy atom. The summed E-state index contributed by atoms with van der Waals surface area (Å²) in [5.74, 6) is -0.434. The van der Waals surface area contributed by atoms with Crippen molar-refractivity contribution in [2.75, 3.05) is 20.5 Å². The maximum Gasteiger partial charge on any atom is 0.163 e. The number of rotatable bonds is 12. The summed E-state index contributed by atoms with van der Waals surface area (Å²) < 4.78 is 24.0. The number of methoxy groups -OCH3 is 1. The first kappa shape index (κ1) is 30.2. The molecule has 0 spiro atoms. The molecule has 1 saturated carbocycles. The fourth-order valence-electron chi connectivity index (χ4n) is 5.76. The second-order valence-corrected chi connectivity index (χ2v) is 11.9. The Morgan fingerprint density at radius 3 is 2.34 bits per heavy atom. The van der Waals surface area contributed by atoms with Crippen molar-refractivity contribution in [2.24, 2.45) is 11.3 Å². The zero-order chi connectivity index (χ0) is 26.3. The SMILES string of the molecule is COCO[C@@]1(C)CC[C@@H]2OC(C)(C)OC[C@@H]2[C@]1(C)CC(O)/C=C(\C)CC/C=C(\C)CCC=C(C)C. The van der Waals surface area contributed by atoms with Gasteiger partial charge in [0, 0.05) is 18.4 Å². The van der Waals surface area contributed by atoms with Crippen molar-refractivity contribution in [3.05, 3.63) is 34.9 Å². The lowest BCUT2D eigenvalue weighted by Crippen LogP contribution is -2.63. The van der Waals surface area contributed by atoms with Crippen LogP contribution in [0.1, 0.15) is 100 Å². The minimum absolute atomic E-state index is 0.0969. The topological polar surface area (TPSA) is 57.2 Å². The number of allylic oxidation sites excluding steroid dienone is 5. The first-order valence-corrected chi connectivity index (χ1v) is 13.4. The molecule has 202 valence electrons. The van der Waals surface area contributed by atoms with Gasteiger partial charge in [-0.1, -0.05) is 41.9 Å². The van der Waals surface area contributed by atoms with Gasteiger partial charge in [-0.3, -0.25) is 0 Å². The van der Waals surface area contributed by atoms with E-state index < -0.39 is 17.5 Å². The van der Waals surface area contributed by atoms with Crippen molar-refractivity contribution in [2.45, 2.75) is 124 Å². The van der Waals surface area contributed by atoms with E-state index in [0.717, 1.165) is 38.5 Å². The van der Waals surface area contributed by atoms with Crippen molar-refractivity contribution in [1.82, 2.24) is 0 Å². The quantitative estimate of drug-likeness (QED) is 0.232. The minimum Gasteiger partial charge on any atom is -0.389 e. The Labute approximate surface area is 214 Å². The van der Waals surface area contributed by atoms with Gasteiger partial charge in [-0.25, -0.2) is 0 Å². The van der Waals surface area contributed by atoms with Gasteiger partial charge in [0.05, 0.1) is 24.4 Å². The average Bonchev–Trinajstić information content (AvgIpc) is 2.74. The highest BCUT2D eigenvalue weighted by Crippen LogP contribution is 2.55. The molecule has 0 aromatic carbocycles. The summed E-state index contributed by atoms with van der Waals surface area (Å²) >= 11 is 0. The molecular formula is C30H52O5. The van der Waals surface area contributed by atoms with Crippen LogP contribution >= 0.6 is 0 Å². The Balaban J connectivity index is 2.07. The third kappa shape index (κ3) is 8.53. The van der Waals surface area contributed by atoms with E-state index in [1.807, 2.05) is 19.9 Å². The van der Waals surface area contributed by atoms with E-state index in [1.165, 1.54) is 16.7 Å². The summed E-state index contributed by atoms with van der Waals surface area (Å²) in [7, 11) is 1.65. The van der Waals surface area contributed by atoms with Crippen LogP contribution in [0.2, 0.25) is 0 Å². The van der Waals surface area contributed by atoms with Gasteiger partial charge in [-0.2, -0.15) is 0 Å². The van der Waals surface area contributed by atoms with E-state index in [9.17, 15) is 5.11 Å². The lowest BCUT2D eigenvalue weighted by Gasteiger charge is -2.59. The summed E-state index contributed by atoms with van der Waals surface area (Å²) in [4.78, 5) is 0. The maximum absolute atomic E-state index is 11.2. The number of aliphatic hydroxyl groups is 1. The molecule has 35 heavy (non-hydrogen) atoms. The lowest BCUT2D eigenvalue weighted by atomic mass is 9.55. The first-order valence-electron chi connectivity index (χ1n) is 13.4. The molecule has 1 saturated heterocycles. The summed E-state index contributed by atoms with van der Waals surface area (Å²) in [5.41, 5.74) is 3.26. The van der Waals surface area contributed by atoms with Crippen molar-refractivity contribution < 1.29 is 24.1 Å². The van der Waals surface area contributed by atoms with Gasteiger partial charge in [0.1, 0.15) is 6.79 Å². The Morgan fingerprint density at radius 2 is 1.69 bits per heavy atom. The molecule has 2 aliphatic rings. The van der Waals surface area contributed by atoms with Crippen LogP contribution in [-0.4, -0.2) is 49.2 Å². The monoisotopic (exact) mass is 492 g/mol. The molecule has 5 heteroatoms. The number of ether oxygens (including phenoxy) is 4. The second-order valence-electron chi connectivity index (χ2n) is 11.9. The molecule has 5 atom stereocenters. The summed E-state index contributed by atoms with van der Waals surface area (Å²) in [6, 6.07) is 0. The molecule has 2 rings (SSSR count). The minimum atomic E-state index is -0.574. The molecule has 2 fully saturated rings. The van der Waals surface area contributed by atoms with Gasteiger partial charge in [0.2, 0.25) is 0 Å². The summed E-state index contributed by atoms with van der Waals surface area (Å²) in [5, 5.41) is 11.2. The van der Waals surface area contributed by atoms with E-state index in [-0.39, 0.29) is 24.2 Å². The van der Waals surface area contributed by atoms with Gasteiger partial charge in [-0.05, 0) is 93.4 Å². The smallest absolute Gasteiger partial charge is 0.163 e. The van der Waals surface area contributed by atoms with Crippen LogP contribution in [0.5, 0.6) is 0 Å². The number of hydrogen-bond donors (Lipinski definition) is 1. The number of aliphatic hydroxyl groups excluding tert-OH is 1. The zero-order valence-electron chi connectivity index (χ0n) is 23.9. The van der Waals surface area contributed by atoms with Crippen LogP contribution < -0.4 is 0 Å². The average molecular weight is 493 g/mol. The largest absolute Gasteiger partial charge is 0.389 e. The van der Waals surface area contributed by atoms with Crippen LogP contribution in [0.4, 0.5) is 0 Å². The summed E-state index contributed by atoms with van der Waals surface area (Å²) in [6.07, 6.45) is 12.7. The highest BCUT2D eigenvalue weighted by atomic mass is 16.7. The zero-order valence-corrected chi connectivity index (χ0v) is 23.9. The lowest BCUT2D eigenvalue weighted by molar-refractivity contribution is -0.340. The highest BCUT2D eigenvalue weighted by Gasteiger charge is 2.59. The molecule has 1 aliphatic heterocycles. The molecule has 1 aliphatic carbocycles. The van der Waals surface area contributed by atoms with Crippen molar-refractivity contribution >= 4 is 0 Å². The van der Waals surface area contributed by atoms with E-state index in [2.05, 4.69) is 53.7 Å². The summed E-state index contributed by atoms with van der Waals surface area (Å²) in [6.45, 7) is 17.8. The Kier molecular flexibility index (Phi) is 11.2. The Hall–Kier alpha value is -0.980. The molecule has 0 radical (unpaired) electrons. The predicted octanol–water partition coefficient (Wildman–Crippen LogP) is 7.10. The molecule has 5 nitrogen and oxygen atoms in total. The van der Waals surface area contributed by atoms with E-state index >= 15 is 0 Å². The third-order valence-electron chi connectivity index (χ3n) is 8.16. The first-order chi connectivity index (χ1) is 16.3. The third-order valence-corrected chi connectivity index (χ3v) is 8.16. The normalized spacial score (nSPS) is 32.2. The van der Waals surface area contributed by atoms with Crippen molar-refractivity contribution in [3.8, 4) is 0 Å². The van der Waals surface area contributed by atoms with Gasteiger partial charge in [0.15, 0.2) is 5.79 Å². The molecule has 1 unspecified atom stereocenters. The van der Waals surface area contributed by atoms with Crippen LogP contribution in [0.25, 0.3) is 0 Å². The van der Waals surface area contributed by atoms with E-state index in [4.69, 9.17) is 18.9 Å². The van der Waals surface area contributed by atoms with Gasteiger partial charge < -0.3 is 24.1 Å². The predicted molar refractivity (Wildman–Crippen MR) is 143 cm³/mol. The van der Waals surface area contributed by atoms with Crippen LogP contribution in [0, 0.1) is 11.3 Å². The van der Waals surface area contributed by atoms with Gasteiger partial charge in [0.25, 0.3) is 0 Å². The second kappa shape index (κ2) is 13.0. The Bertz CT molecular complexity index is 763. The molecule has 1 heterocycles. The molecule has 0 aromatic heterocycles. The molecule has 0 aromatic rings. The maximum atomic E-state index is 11.2. The van der Waals surface area contributed by atoms with Gasteiger partial charge >= 0.3 is 0 Å². The molecule has 1 N–H and O–H groups in total. The fourth-order valence-corrected chi connectivity index (χ4v) is 5.76. The van der Waals surface area contributed by atoms with Crippen LogP contribution in [0.3, 0.4) is 0 Å². The van der Waals surface area contributed by atoms with Crippen LogP contribution in [-0.2, 0) is 18.9 Å². The standard InChI is InChI=1S/C30H52O5/c1-22(2)12-10-13-23(3)14-11-15-24(4)18-25(31)19-29(7)26-20-33-28(5,6)35-27(26)16-17-30(29,8)34-21-32-9/h12,14,18,25-27,31H,10-11,13,15-17,19-21H2,1-9H3/b23-14+,24-18+/t25?,26-,27-,29-,30-/m0/s1. The van der Waals surface area contributed by atoms with E-state index in [1.54, 1.807) is 7.11 Å². The fraction of sp³-hybridized carbons (Fsp3) is 0.800. The molecule has 0 amide bonds. The highest BCUT2D eigenvalue weighted by molar-refractivity contribution is 5.11. The molecular weight excluding hydrogens is 440 g/mol. The number of hydrogen-bond acceptors (Lipinski definition) is 5. The van der Waals surface area contributed by atoms with Crippen LogP contribution in [0.15, 0.2) is 34.9 Å². The van der Waals surface area contributed by atoms with Gasteiger partial charge in [-0.15, -0.1) is 0 Å². The molecule has 0 bridgehead atoms. The van der Waals surface area contributed by atoms with E-state index in [0.29, 0.717) is 13.0 Å². The number of fused-ring (bicyclic) bond motifs is 1.